The first kappa shape index (κ1) is 10.6. The van der Waals surface area contributed by atoms with Gasteiger partial charge in [0.05, 0.1) is 7.11 Å². The SMILES string of the molecule is COc1ccc(Cl)cc1-n1[nH]c(N)cc1=O. The topological polar surface area (TPSA) is 73.0 Å². The summed E-state index contributed by atoms with van der Waals surface area (Å²) in [4.78, 5) is 11.6. The van der Waals surface area contributed by atoms with Gasteiger partial charge in [-0.2, -0.15) is 0 Å². The molecule has 0 amide bonds. The molecule has 84 valence electrons. The number of H-pyrrole nitrogens is 1. The zero-order chi connectivity index (χ0) is 11.7. The van der Waals surface area contributed by atoms with Crippen LogP contribution in [-0.4, -0.2) is 16.9 Å². The number of aromatic nitrogens is 2. The zero-order valence-corrected chi connectivity index (χ0v) is 9.28. The molecule has 0 saturated heterocycles. The van der Waals surface area contributed by atoms with E-state index in [2.05, 4.69) is 5.10 Å². The summed E-state index contributed by atoms with van der Waals surface area (Å²) in [5, 5.41) is 3.22. The highest BCUT2D eigenvalue weighted by atomic mass is 35.5. The van der Waals surface area contributed by atoms with Gasteiger partial charge in [-0.25, -0.2) is 4.68 Å². The average Bonchev–Trinajstić information content (AvgIpc) is 2.57. The van der Waals surface area contributed by atoms with Gasteiger partial charge in [-0.3, -0.25) is 9.89 Å². The fourth-order valence-electron chi connectivity index (χ4n) is 1.43. The Morgan fingerprint density at radius 3 is 2.75 bits per heavy atom. The lowest BCUT2D eigenvalue weighted by Crippen LogP contribution is -2.14. The van der Waals surface area contributed by atoms with Crippen molar-refractivity contribution in [1.29, 1.82) is 0 Å². The number of ether oxygens (including phenoxy) is 1. The van der Waals surface area contributed by atoms with Gasteiger partial charge in [-0.15, -0.1) is 0 Å². The molecule has 0 bridgehead atoms. The lowest BCUT2D eigenvalue weighted by atomic mass is 10.3. The summed E-state index contributed by atoms with van der Waals surface area (Å²) >= 11 is 5.87. The molecule has 16 heavy (non-hydrogen) atoms. The molecule has 0 atom stereocenters. The number of nitrogens with one attached hydrogen (secondary N) is 1. The fraction of sp³-hybridized carbons (Fsp3) is 0.100. The van der Waals surface area contributed by atoms with E-state index in [0.29, 0.717) is 16.5 Å². The Balaban J connectivity index is 2.67. The molecule has 0 radical (unpaired) electrons. The largest absolute Gasteiger partial charge is 0.494 e. The van der Waals surface area contributed by atoms with Crippen LogP contribution < -0.4 is 16.0 Å². The van der Waals surface area contributed by atoms with Gasteiger partial charge < -0.3 is 10.5 Å². The standard InChI is InChI=1S/C10H10ClN3O2/c1-16-8-3-2-6(11)4-7(8)14-10(15)5-9(12)13-14/h2-5,13H,12H2,1H3. The molecule has 2 aromatic rings. The van der Waals surface area contributed by atoms with Gasteiger partial charge >= 0.3 is 0 Å². The van der Waals surface area contributed by atoms with Crippen molar-refractivity contribution < 1.29 is 4.74 Å². The van der Waals surface area contributed by atoms with Crippen molar-refractivity contribution in [3.63, 3.8) is 0 Å². The highest BCUT2D eigenvalue weighted by Crippen LogP contribution is 2.24. The normalized spacial score (nSPS) is 10.4. The molecular weight excluding hydrogens is 230 g/mol. The number of hydrogen-bond acceptors (Lipinski definition) is 3. The van der Waals surface area contributed by atoms with E-state index in [1.54, 1.807) is 18.2 Å². The number of rotatable bonds is 2. The average molecular weight is 240 g/mol. The van der Waals surface area contributed by atoms with E-state index >= 15 is 0 Å². The third kappa shape index (κ3) is 1.77. The monoisotopic (exact) mass is 239 g/mol. The summed E-state index contributed by atoms with van der Waals surface area (Å²) in [6.07, 6.45) is 0. The van der Waals surface area contributed by atoms with Crippen LogP contribution in [0.2, 0.25) is 5.02 Å². The number of methoxy groups -OCH3 is 1. The van der Waals surface area contributed by atoms with Gasteiger partial charge in [0, 0.05) is 11.1 Å². The Hall–Kier alpha value is -1.88. The predicted octanol–water partition coefficient (Wildman–Crippen LogP) is 1.41. The number of nitrogen functional groups attached to an aromatic ring is 1. The van der Waals surface area contributed by atoms with Gasteiger partial charge in [0.2, 0.25) is 0 Å². The Labute approximate surface area is 96.4 Å². The smallest absolute Gasteiger partial charge is 0.273 e. The molecule has 1 aromatic heterocycles. The minimum atomic E-state index is -0.266. The van der Waals surface area contributed by atoms with Gasteiger partial charge in [0.25, 0.3) is 5.56 Å². The molecule has 0 unspecified atom stereocenters. The van der Waals surface area contributed by atoms with E-state index in [-0.39, 0.29) is 11.4 Å². The second-order valence-electron chi connectivity index (χ2n) is 3.20. The highest BCUT2D eigenvalue weighted by Gasteiger charge is 2.09. The van der Waals surface area contributed by atoms with Gasteiger partial charge in [-0.05, 0) is 18.2 Å². The summed E-state index contributed by atoms with van der Waals surface area (Å²) in [5.41, 5.74) is 5.76. The summed E-state index contributed by atoms with van der Waals surface area (Å²) in [5.74, 6) is 0.820. The predicted molar refractivity (Wildman–Crippen MR) is 62.4 cm³/mol. The maximum absolute atomic E-state index is 11.6. The van der Waals surface area contributed by atoms with Crippen molar-refractivity contribution in [2.75, 3.05) is 12.8 Å². The van der Waals surface area contributed by atoms with Gasteiger partial charge in [0.1, 0.15) is 17.3 Å². The van der Waals surface area contributed by atoms with E-state index in [0.717, 1.165) is 0 Å². The first-order valence-electron chi connectivity index (χ1n) is 4.53. The summed E-state index contributed by atoms with van der Waals surface area (Å²) in [6, 6.07) is 6.28. The molecule has 3 N–H and O–H groups in total. The van der Waals surface area contributed by atoms with Crippen LogP contribution in [0.5, 0.6) is 5.75 Å². The summed E-state index contributed by atoms with van der Waals surface area (Å²) in [6.45, 7) is 0. The molecule has 0 spiro atoms. The third-order valence-corrected chi connectivity index (χ3v) is 2.36. The highest BCUT2D eigenvalue weighted by molar-refractivity contribution is 6.30. The quantitative estimate of drug-likeness (QED) is 0.832. The minimum absolute atomic E-state index is 0.266. The Morgan fingerprint density at radius 2 is 2.19 bits per heavy atom. The van der Waals surface area contributed by atoms with E-state index < -0.39 is 0 Å². The van der Waals surface area contributed by atoms with E-state index in [4.69, 9.17) is 22.1 Å². The molecular formula is C10H10ClN3O2. The molecule has 0 aliphatic carbocycles. The number of nitrogens with zero attached hydrogens (tertiary/aromatic N) is 1. The molecule has 0 saturated carbocycles. The Kier molecular flexibility index (Phi) is 2.62. The van der Waals surface area contributed by atoms with E-state index in [9.17, 15) is 4.79 Å². The lowest BCUT2D eigenvalue weighted by molar-refractivity contribution is 0.411. The molecule has 0 aliphatic rings. The fourth-order valence-corrected chi connectivity index (χ4v) is 1.60. The number of hydrogen-bond donors (Lipinski definition) is 2. The minimum Gasteiger partial charge on any atom is -0.494 e. The lowest BCUT2D eigenvalue weighted by Gasteiger charge is -2.08. The molecule has 0 fully saturated rings. The van der Waals surface area contributed by atoms with Gasteiger partial charge in [0.15, 0.2) is 0 Å². The van der Waals surface area contributed by atoms with Crippen LogP contribution in [0.4, 0.5) is 5.82 Å². The van der Waals surface area contributed by atoms with Crippen LogP contribution in [0.25, 0.3) is 5.69 Å². The second-order valence-corrected chi connectivity index (χ2v) is 3.64. The molecule has 0 aliphatic heterocycles. The number of aromatic amines is 1. The van der Waals surface area contributed by atoms with Crippen LogP contribution in [0.1, 0.15) is 0 Å². The number of halogens is 1. The van der Waals surface area contributed by atoms with Crippen LogP contribution >= 0.6 is 11.6 Å². The van der Waals surface area contributed by atoms with Crippen LogP contribution in [0.15, 0.2) is 29.1 Å². The van der Waals surface area contributed by atoms with Crippen molar-refractivity contribution in [1.82, 2.24) is 9.78 Å². The maximum atomic E-state index is 11.6. The number of nitrogens with two attached hydrogens (primary N) is 1. The maximum Gasteiger partial charge on any atom is 0.273 e. The van der Waals surface area contributed by atoms with Crippen molar-refractivity contribution in [2.45, 2.75) is 0 Å². The van der Waals surface area contributed by atoms with Crippen LogP contribution in [0, 0.1) is 0 Å². The van der Waals surface area contributed by atoms with Gasteiger partial charge in [-0.1, -0.05) is 11.6 Å². The molecule has 1 heterocycles. The summed E-state index contributed by atoms with van der Waals surface area (Å²) in [7, 11) is 1.52. The van der Waals surface area contributed by atoms with Crippen LogP contribution in [-0.2, 0) is 0 Å². The molecule has 6 heteroatoms. The first-order valence-corrected chi connectivity index (χ1v) is 4.91. The van der Waals surface area contributed by atoms with Crippen LogP contribution in [0.3, 0.4) is 0 Å². The Morgan fingerprint density at radius 1 is 1.44 bits per heavy atom. The number of benzene rings is 1. The van der Waals surface area contributed by atoms with E-state index in [1.165, 1.54) is 17.9 Å². The molecule has 5 nitrogen and oxygen atoms in total. The molecule has 2 rings (SSSR count). The van der Waals surface area contributed by atoms with Crippen molar-refractivity contribution in [3.05, 3.63) is 39.6 Å². The van der Waals surface area contributed by atoms with Crippen molar-refractivity contribution in [3.8, 4) is 11.4 Å². The number of anilines is 1. The second kappa shape index (κ2) is 3.94. The Bertz CT molecular complexity index is 574. The zero-order valence-electron chi connectivity index (χ0n) is 8.53. The van der Waals surface area contributed by atoms with Crippen molar-refractivity contribution in [2.24, 2.45) is 0 Å². The summed E-state index contributed by atoms with van der Waals surface area (Å²) < 4.78 is 6.42. The van der Waals surface area contributed by atoms with Crippen molar-refractivity contribution >= 4 is 17.4 Å². The van der Waals surface area contributed by atoms with E-state index in [1.807, 2.05) is 0 Å². The molecule has 1 aromatic carbocycles. The first-order chi connectivity index (χ1) is 7.61. The third-order valence-electron chi connectivity index (χ3n) is 2.12.